The molecule has 5 nitrogen and oxygen atoms in total. The van der Waals surface area contributed by atoms with E-state index in [1.807, 2.05) is 22.9 Å². The van der Waals surface area contributed by atoms with Gasteiger partial charge in [0.25, 0.3) is 0 Å². The molecular weight excluding hydrogens is 391 g/mol. The van der Waals surface area contributed by atoms with Gasteiger partial charge in [-0.25, -0.2) is 14.4 Å². The van der Waals surface area contributed by atoms with E-state index in [0.29, 0.717) is 23.3 Å². The van der Waals surface area contributed by atoms with Crippen LogP contribution in [0.5, 0.6) is 5.75 Å². The molecule has 0 spiro atoms. The molecule has 0 radical (unpaired) electrons. The van der Waals surface area contributed by atoms with Crippen molar-refractivity contribution in [3.05, 3.63) is 63.7 Å². The number of thiophene rings is 1. The maximum Gasteiger partial charge on any atom is 0.209 e. The second kappa shape index (κ2) is 7.98. The van der Waals surface area contributed by atoms with E-state index in [1.54, 1.807) is 23.5 Å². The van der Waals surface area contributed by atoms with Gasteiger partial charge < -0.3 is 4.74 Å². The first-order chi connectivity index (χ1) is 12.8. The van der Waals surface area contributed by atoms with Crippen molar-refractivity contribution in [1.82, 2.24) is 20.2 Å². The molecule has 4 rings (SSSR count). The van der Waals surface area contributed by atoms with E-state index in [0.717, 1.165) is 21.4 Å². The van der Waals surface area contributed by atoms with Crippen molar-refractivity contribution in [1.29, 1.82) is 0 Å². The van der Waals surface area contributed by atoms with E-state index in [9.17, 15) is 4.39 Å². The fourth-order valence-corrected chi connectivity index (χ4v) is 4.30. The molecule has 4 aromatic rings. The Morgan fingerprint density at radius 1 is 1.12 bits per heavy atom. The van der Waals surface area contributed by atoms with E-state index in [-0.39, 0.29) is 5.82 Å². The van der Waals surface area contributed by atoms with Gasteiger partial charge in [-0.05, 0) is 35.7 Å². The lowest BCUT2D eigenvalue weighted by Crippen LogP contribution is -1.95. The van der Waals surface area contributed by atoms with Crippen LogP contribution in [0.15, 0.2) is 52.3 Å². The smallest absolute Gasteiger partial charge is 0.209 e. The van der Waals surface area contributed by atoms with Crippen LogP contribution in [-0.2, 0) is 12.4 Å². The highest BCUT2D eigenvalue weighted by atomic mass is 32.2. The monoisotopic (exact) mass is 404 g/mol. The molecule has 0 fully saturated rings. The van der Waals surface area contributed by atoms with E-state index in [4.69, 9.17) is 4.74 Å². The number of nitrogens with zero attached hydrogens (tertiary/aromatic N) is 3. The highest BCUT2D eigenvalue weighted by Gasteiger charge is 2.09. The average Bonchev–Trinajstić information content (AvgIpc) is 3.40. The quantitative estimate of drug-likeness (QED) is 0.439. The lowest BCUT2D eigenvalue weighted by atomic mass is 10.3. The van der Waals surface area contributed by atoms with Gasteiger partial charge in [0.2, 0.25) is 5.16 Å². The standard InChI is InChI=1S/C17H13FN4OS3/c18-11-3-5-13(6-4-11)23-8-15-19-12(9-25-15)10-26-17-20-16(21-22-17)14-2-1-7-24-14/h1-7,9H,8,10H2,(H,20,21,22). The number of aromatic amines is 1. The van der Waals surface area contributed by atoms with Crippen LogP contribution in [0.1, 0.15) is 10.7 Å². The molecule has 1 N–H and O–H groups in total. The molecule has 3 aromatic heterocycles. The van der Waals surface area contributed by atoms with Crippen LogP contribution in [0.3, 0.4) is 0 Å². The summed E-state index contributed by atoms with van der Waals surface area (Å²) in [5, 5.41) is 12.8. The molecule has 1 aromatic carbocycles. The lowest BCUT2D eigenvalue weighted by molar-refractivity contribution is 0.305. The molecule has 0 saturated carbocycles. The zero-order valence-electron chi connectivity index (χ0n) is 13.4. The number of H-pyrrole nitrogens is 1. The summed E-state index contributed by atoms with van der Waals surface area (Å²) in [7, 11) is 0. The molecular formula is C17H13FN4OS3. The number of nitrogens with one attached hydrogen (secondary N) is 1. The number of halogens is 1. The zero-order chi connectivity index (χ0) is 17.8. The number of benzene rings is 1. The molecule has 0 amide bonds. The molecule has 0 unspecified atom stereocenters. The first-order valence-electron chi connectivity index (χ1n) is 7.67. The van der Waals surface area contributed by atoms with Crippen LogP contribution in [0, 0.1) is 5.82 Å². The second-order valence-electron chi connectivity index (χ2n) is 5.21. The van der Waals surface area contributed by atoms with Gasteiger partial charge in [0, 0.05) is 11.1 Å². The number of aromatic nitrogens is 4. The van der Waals surface area contributed by atoms with Gasteiger partial charge in [-0.3, -0.25) is 5.10 Å². The second-order valence-corrected chi connectivity index (χ2v) is 8.04. The predicted octanol–water partition coefficient (Wildman–Crippen LogP) is 5.00. The molecule has 0 aliphatic rings. The average molecular weight is 405 g/mol. The van der Waals surface area contributed by atoms with E-state index < -0.39 is 0 Å². The summed E-state index contributed by atoms with van der Waals surface area (Å²) in [6.45, 7) is 0.365. The van der Waals surface area contributed by atoms with Gasteiger partial charge in [0.1, 0.15) is 23.2 Å². The minimum atomic E-state index is -0.278. The Hall–Kier alpha value is -2.23. The highest BCUT2D eigenvalue weighted by molar-refractivity contribution is 7.98. The van der Waals surface area contributed by atoms with Gasteiger partial charge in [-0.1, -0.05) is 17.8 Å². The van der Waals surface area contributed by atoms with Crippen LogP contribution < -0.4 is 4.74 Å². The minimum absolute atomic E-state index is 0.278. The Labute approximate surface area is 161 Å². The van der Waals surface area contributed by atoms with E-state index in [2.05, 4.69) is 20.2 Å². The maximum atomic E-state index is 12.9. The summed E-state index contributed by atoms with van der Waals surface area (Å²) < 4.78 is 18.5. The van der Waals surface area contributed by atoms with Gasteiger partial charge in [0.15, 0.2) is 5.82 Å². The first kappa shape index (κ1) is 17.2. The molecule has 0 atom stereocenters. The van der Waals surface area contributed by atoms with Crippen molar-refractivity contribution in [2.24, 2.45) is 0 Å². The largest absolute Gasteiger partial charge is 0.486 e. The summed E-state index contributed by atoms with van der Waals surface area (Å²) >= 11 is 4.70. The van der Waals surface area contributed by atoms with Crippen LogP contribution in [0.4, 0.5) is 4.39 Å². The normalized spacial score (nSPS) is 11.0. The Morgan fingerprint density at radius 2 is 2.00 bits per heavy atom. The van der Waals surface area contributed by atoms with E-state index >= 15 is 0 Å². The van der Waals surface area contributed by atoms with Crippen molar-refractivity contribution in [3.8, 4) is 16.5 Å². The van der Waals surface area contributed by atoms with Gasteiger partial charge in [-0.2, -0.15) is 0 Å². The predicted molar refractivity (Wildman–Crippen MR) is 102 cm³/mol. The summed E-state index contributed by atoms with van der Waals surface area (Å²) in [5.74, 6) is 1.82. The van der Waals surface area contributed by atoms with Gasteiger partial charge in [-0.15, -0.1) is 27.8 Å². The van der Waals surface area contributed by atoms with Gasteiger partial charge >= 0.3 is 0 Å². The van der Waals surface area contributed by atoms with Crippen LogP contribution >= 0.6 is 34.4 Å². The topological polar surface area (TPSA) is 63.7 Å². The number of thioether (sulfide) groups is 1. The summed E-state index contributed by atoms with van der Waals surface area (Å²) in [4.78, 5) is 10.1. The summed E-state index contributed by atoms with van der Waals surface area (Å²) in [6.07, 6.45) is 0. The highest BCUT2D eigenvalue weighted by Crippen LogP contribution is 2.25. The molecule has 132 valence electrons. The van der Waals surface area contributed by atoms with Crippen LogP contribution in [-0.4, -0.2) is 20.2 Å². The number of rotatable bonds is 7. The van der Waals surface area contributed by atoms with Crippen molar-refractivity contribution in [2.75, 3.05) is 0 Å². The Kier molecular flexibility index (Phi) is 5.28. The van der Waals surface area contributed by atoms with Crippen molar-refractivity contribution < 1.29 is 9.13 Å². The third kappa shape index (κ3) is 4.29. The number of ether oxygens (including phenoxy) is 1. The van der Waals surface area contributed by atoms with E-state index in [1.165, 1.54) is 35.2 Å². The fourth-order valence-electron chi connectivity index (χ4n) is 2.13. The van der Waals surface area contributed by atoms with Crippen molar-refractivity contribution in [2.45, 2.75) is 17.5 Å². The van der Waals surface area contributed by atoms with Crippen LogP contribution in [0.2, 0.25) is 0 Å². The molecule has 26 heavy (non-hydrogen) atoms. The molecule has 0 saturated heterocycles. The molecule has 3 heterocycles. The molecule has 9 heteroatoms. The Balaban J connectivity index is 1.30. The molecule has 0 aliphatic carbocycles. The van der Waals surface area contributed by atoms with Crippen LogP contribution in [0.25, 0.3) is 10.7 Å². The SMILES string of the molecule is Fc1ccc(OCc2nc(CSc3n[nH]c(-c4cccs4)n3)cs2)cc1. The fraction of sp³-hybridized carbons (Fsp3) is 0.118. The minimum Gasteiger partial charge on any atom is -0.486 e. The van der Waals surface area contributed by atoms with Gasteiger partial charge in [0.05, 0.1) is 10.6 Å². The third-order valence-corrected chi connectivity index (χ3v) is 5.97. The summed E-state index contributed by atoms with van der Waals surface area (Å²) in [5.41, 5.74) is 0.958. The lowest BCUT2D eigenvalue weighted by Gasteiger charge is -2.03. The Bertz CT molecular complexity index is 966. The maximum absolute atomic E-state index is 12.9. The Morgan fingerprint density at radius 3 is 2.81 bits per heavy atom. The van der Waals surface area contributed by atoms with Crippen molar-refractivity contribution in [3.63, 3.8) is 0 Å². The summed E-state index contributed by atoms with van der Waals surface area (Å²) in [6, 6.07) is 9.96. The van der Waals surface area contributed by atoms with Crippen molar-refractivity contribution >= 4 is 34.4 Å². The zero-order valence-corrected chi connectivity index (χ0v) is 15.8. The molecule has 0 bridgehead atoms. The third-order valence-electron chi connectivity index (χ3n) is 3.34. The molecule has 0 aliphatic heterocycles. The first-order valence-corrected chi connectivity index (χ1v) is 10.4. The number of thiazole rings is 1. The number of hydrogen-bond acceptors (Lipinski definition) is 7. The number of hydrogen-bond donors (Lipinski definition) is 1.